The predicted octanol–water partition coefficient (Wildman–Crippen LogP) is 1.27. The third-order valence-corrected chi connectivity index (χ3v) is 3.77. The third kappa shape index (κ3) is 2.81. The second-order valence-electron chi connectivity index (χ2n) is 5.34. The van der Waals surface area contributed by atoms with Crippen molar-refractivity contribution in [2.75, 3.05) is 6.54 Å². The van der Waals surface area contributed by atoms with Gasteiger partial charge in [-0.1, -0.05) is 12.1 Å². The van der Waals surface area contributed by atoms with Gasteiger partial charge >= 0.3 is 0 Å². The van der Waals surface area contributed by atoms with Gasteiger partial charge in [-0.25, -0.2) is 0 Å². The summed E-state index contributed by atoms with van der Waals surface area (Å²) in [5.41, 5.74) is 0.926. The first-order chi connectivity index (χ1) is 10.2. The van der Waals surface area contributed by atoms with Crippen LogP contribution in [0.5, 0.6) is 0 Å². The standard InChI is InChI=1S/C14H19N5O2/c1-3-12-16-14(17-21-12)11-5-4-6-19(11)13(20)7-10-8-15-18(2)9-10/h8-9,11H,3-7H2,1-2H3/t11-/m0/s1. The Bertz CT molecular complexity index is 633. The van der Waals surface area contributed by atoms with Crippen molar-refractivity contribution in [2.45, 2.75) is 38.6 Å². The highest BCUT2D eigenvalue weighted by molar-refractivity contribution is 5.79. The highest BCUT2D eigenvalue weighted by Crippen LogP contribution is 2.30. The van der Waals surface area contributed by atoms with Gasteiger partial charge in [-0.15, -0.1) is 0 Å². The van der Waals surface area contributed by atoms with E-state index in [0.717, 1.165) is 24.9 Å². The zero-order valence-corrected chi connectivity index (χ0v) is 12.3. The topological polar surface area (TPSA) is 77.1 Å². The number of hydrogen-bond acceptors (Lipinski definition) is 5. The number of aryl methyl sites for hydroxylation is 2. The molecule has 1 aliphatic heterocycles. The monoisotopic (exact) mass is 289 g/mol. The molecule has 2 aromatic rings. The van der Waals surface area contributed by atoms with Crippen LogP contribution in [-0.4, -0.2) is 37.3 Å². The fraction of sp³-hybridized carbons (Fsp3) is 0.571. The Hall–Kier alpha value is -2.18. The number of likely N-dealkylation sites (tertiary alicyclic amines) is 1. The summed E-state index contributed by atoms with van der Waals surface area (Å²) in [7, 11) is 1.85. The van der Waals surface area contributed by atoms with Gasteiger partial charge in [0.1, 0.15) is 0 Å². The molecule has 3 heterocycles. The van der Waals surface area contributed by atoms with Crippen molar-refractivity contribution >= 4 is 5.91 Å². The van der Waals surface area contributed by atoms with Crippen LogP contribution in [0.4, 0.5) is 0 Å². The van der Waals surface area contributed by atoms with Crippen LogP contribution in [0, 0.1) is 0 Å². The summed E-state index contributed by atoms with van der Waals surface area (Å²) in [4.78, 5) is 18.7. The lowest BCUT2D eigenvalue weighted by atomic mass is 10.2. The summed E-state index contributed by atoms with van der Waals surface area (Å²) < 4.78 is 6.87. The summed E-state index contributed by atoms with van der Waals surface area (Å²) >= 11 is 0. The lowest BCUT2D eigenvalue weighted by Crippen LogP contribution is -2.32. The molecule has 7 heteroatoms. The number of rotatable bonds is 4. The lowest BCUT2D eigenvalue weighted by Gasteiger charge is -2.21. The lowest BCUT2D eigenvalue weighted by molar-refractivity contribution is -0.131. The number of carbonyl (C=O) groups is 1. The molecule has 0 N–H and O–H groups in total. The Morgan fingerprint density at radius 2 is 2.38 bits per heavy atom. The van der Waals surface area contributed by atoms with E-state index in [-0.39, 0.29) is 11.9 Å². The minimum Gasteiger partial charge on any atom is -0.339 e. The maximum Gasteiger partial charge on any atom is 0.227 e. The highest BCUT2D eigenvalue weighted by atomic mass is 16.5. The summed E-state index contributed by atoms with van der Waals surface area (Å²) in [6, 6.07) is -0.0572. The Morgan fingerprint density at radius 3 is 3.05 bits per heavy atom. The average molecular weight is 289 g/mol. The van der Waals surface area contributed by atoms with Crippen molar-refractivity contribution in [3.63, 3.8) is 0 Å². The zero-order chi connectivity index (χ0) is 14.8. The van der Waals surface area contributed by atoms with Gasteiger partial charge in [0.25, 0.3) is 0 Å². The maximum atomic E-state index is 12.5. The summed E-state index contributed by atoms with van der Waals surface area (Å²) in [5, 5.41) is 8.11. The molecule has 1 aliphatic rings. The Labute approximate surface area is 122 Å². The van der Waals surface area contributed by atoms with Crippen LogP contribution in [0.25, 0.3) is 0 Å². The summed E-state index contributed by atoms with van der Waals surface area (Å²) in [6.07, 6.45) is 6.53. The van der Waals surface area contributed by atoms with Crippen LogP contribution in [-0.2, 0) is 24.7 Å². The van der Waals surface area contributed by atoms with E-state index in [2.05, 4.69) is 15.2 Å². The van der Waals surface area contributed by atoms with Gasteiger partial charge in [-0.05, 0) is 18.4 Å². The van der Waals surface area contributed by atoms with Gasteiger partial charge in [-0.3, -0.25) is 9.48 Å². The molecule has 1 fully saturated rings. The molecular weight excluding hydrogens is 270 g/mol. The third-order valence-electron chi connectivity index (χ3n) is 3.77. The van der Waals surface area contributed by atoms with Crippen LogP contribution >= 0.6 is 0 Å². The second kappa shape index (κ2) is 5.67. The predicted molar refractivity (Wildman–Crippen MR) is 74.3 cm³/mol. The molecular formula is C14H19N5O2. The van der Waals surface area contributed by atoms with Crippen molar-refractivity contribution in [2.24, 2.45) is 7.05 Å². The smallest absolute Gasteiger partial charge is 0.227 e. The average Bonchev–Trinajstić information content (AvgIpc) is 3.17. The van der Waals surface area contributed by atoms with Crippen LogP contribution in [0.3, 0.4) is 0 Å². The Kier molecular flexibility index (Phi) is 3.72. The first-order valence-corrected chi connectivity index (χ1v) is 7.27. The van der Waals surface area contributed by atoms with E-state index in [9.17, 15) is 4.79 Å². The van der Waals surface area contributed by atoms with E-state index in [4.69, 9.17) is 4.52 Å². The zero-order valence-electron chi connectivity index (χ0n) is 12.3. The van der Waals surface area contributed by atoms with Gasteiger partial charge < -0.3 is 9.42 Å². The van der Waals surface area contributed by atoms with Gasteiger partial charge in [0.15, 0.2) is 5.82 Å². The molecule has 1 saturated heterocycles. The van der Waals surface area contributed by atoms with E-state index in [1.165, 1.54) is 0 Å². The molecule has 2 aromatic heterocycles. The molecule has 0 unspecified atom stereocenters. The van der Waals surface area contributed by atoms with Crippen molar-refractivity contribution in [3.05, 3.63) is 29.7 Å². The van der Waals surface area contributed by atoms with Crippen LogP contribution in [0.2, 0.25) is 0 Å². The minimum absolute atomic E-state index is 0.0572. The second-order valence-corrected chi connectivity index (χ2v) is 5.34. The molecule has 0 bridgehead atoms. The SMILES string of the molecule is CCc1nc([C@@H]2CCCN2C(=O)Cc2cnn(C)c2)no1. The summed E-state index contributed by atoms with van der Waals surface area (Å²) in [5.74, 6) is 1.34. The largest absolute Gasteiger partial charge is 0.339 e. The molecule has 0 saturated carbocycles. The first-order valence-electron chi connectivity index (χ1n) is 7.27. The molecule has 1 atom stereocenters. The van der Waals surface area contributed by atoms with Crippen molar-refractivity contribution in [1.82, 2.24) is 24.8 Å². The molecule has 112 valence electrons. The van der Waals surface area contributed by atoms with Gasteiger partial charge in [-0.2, -0.15) is 10.1 Å². The maximum absolute atomic E-state index is 12.5. The van der Waals surface area contributed by atoms with Gasteiger partial charge in [0, 0.05) is 26.2 Å². The van der Waals surface area contributed by atoms with E-state index >= 15 is 0 Å². The molecule has 1 amide bonds. The Balaban J connectivity index is 1.72. The van der Waals surface area contributed by atoms with Crippen LogP contribution in [0.15, 0.2) is 16.9 Å². The van der Waals surface area contributed by atoms with Gasteiger partial charge in [0.05, 0.1) is 18.7 Å². The molecule has 7 nitrogen and oxygen atoms in total. The molecule has 0 aliphatic carbocycles. The fourth-order valence-corrected chi connectivity index (χ4v) is 2.72. The van der Waals surface area contributed by atoms with Crippen LogP contribution < -0.4 is 0 Å². The summed E-state index contributed by atoms with van der Waals surface area (Å²) in [6.45, 7) is 2.72. The first kappa shape index (κ1) is 13.8. The van der Waals surface area contributed by atoms with Crippen molar-refractivity contribution in [1.29, 1.82) is 0 Å². The number of nitrogens with zero attached hydrogens (tertiary/aromatic N) is 5. The quantitative estimate of drug-likeness (QED) is 0.847. The van der Waals surface area contributed by atoms with Gasteiger partial charge in [0.2, 0.25) is 11.8 Å². The van der Waals surface area contributed by atoms with Crippen LogP contribution in [0.1, 0.15) is 43.1 Å². The minimum atomic E-state index is -0.0572. The van der Waals surface area contributed by atoms with Crippen molar-refractivity contribution < 1.29 is 9.32 Å². The number of amides is 1. The highest BCUT2D eigenvalue weighted by Gasteiger charge is 2.33. The number of hydrogen-bond donors (Lipinski definition) is 0. The molecule has 3 rings (SSSR count). The fourth-order valence-electron chi connectivity index (χ4n) is 2.72. The number of aromatic nitrogens is 4. The Morgan fingerprint density at radius 1 is 1.52 bits per heavy atom. The molecule has 0 radical (unpaired) electrons. The molecule has 0 aromatic carbocycles. The van der Waals surface area contributed by atoms with E-state index < -0.39 is 0 Å². The van der Waals surface area contributed by atoms with E-state index in [1.807, 2.05) is 25.1 Å². The van der Waals surface area contributed by atoms with Crippen molar-refractivity contribution in [3.8, 4) is 0 Å². The van der Waals surface area contributed by atoms with E-state index in [0.29, 0.717) is 24.6 Å². The van der Waals surface area contributed by atoms with E-state index in [1.54, 1.807) is 10.9 Å². The molecule has 0 spiro atoms. The normalized spacial score (nSPS) is 18.4. The molecule has 21 heavy (non-hydrogen) atoms. The number of carbonyl (C=O) groups excluding carboxylic acids is 1.